The zero-order valence-electron chi connectivity index (χ0n) is 12.4. The van der Waals surface area contributed by atoms with Crippen molar-refractivity contribution < 1.29 is 9.50 Å². The minimum Gasteiger partial charge on any atom is -0.395 e. The molecule has 6 nitrogen and oxygen atoms in total. The third-order valence-corrected chi connectivity index (χ3v) is 3.66. The maximum Gasteiger partial charge on any atom is 0.150 e. The molecule has 0 fully saturated rings. The lowest BCUT2D eigenvalue weighted by atomic mass is 10.2. The summed E-state index contributed by atoms with van der Waals surface area (Å²) in [5.74, 6) is -0.0183. The quantitative estimate of drug-likeness (QED) is 0.190. The molecule has 0 aliphatic heterocycles. The van der Waals surface area contributed by atoms with E-state index in [1.807, 2.05) is 24.3 Å². The molecule has 0 atom stereocenters. The van der Waals surface area contributed by atoms with Crippen molar-refractivity contribution in [3.8, 4) is 0 Å². The molecule has 0 aliphatic carbocycles. The lowest BCUT2D eigenvalue weighted by Gasteiger charge is -2.05. The summed E-state index contributed by atoms with van der Waals surface area (Å²) in [5, 5.41) is 12.8. The van der Waals surface area contributed by atoms with Crippen LogP contribution in [0.15, 0.2) is 52.6 Å². The number of hydrogen-bond acceptors (Lipinski definition) is 6. The van der Waals surface area contributed by atoms with Crippen LogP contribution < -0.4 is 15.9 Å². The molecule has 0 radical (unpaired) electrons. The normalized spacial score (nSPS) is 11.5. The van der Waals surface area contributed by atoms with Crippen molar-refractivity contribution in [2.45, 2.75) is 11.4 Å². The number of aliphatic hydroxyl groups is 1. The number of rotatable bonds is 8. The highest BCUT2D eigenvalue weighted by Crippen LogP contribution is 2.14. The predicted molar refractivity (Wildman–Crippen MR) is 89.1 cm³/mol. The molecule has 0 spiro atoms. The highest BCUT2D eigenvalue weighted by molar-refractivity contribution is 7.97. The Morgan fingerprint density at radius 3 is 2.70 bits per heavy atom. The van der Waals surface area contributed by atoms with E-state index < -0.39 is 0 Å². The molecule has 23 heavy (non-hydrogen) atoms. The monoisotopic (exact) mass is 335 g/mol. The molecule has 0 unspecified atom stereocenters. The third-order valence-electron chi connectivity index (χ3n) is 2.80. The van der Waals surface area contributed by atoms with Crippen molar-refractivity contribution in [2.75, 3.05) is 13.2 Å². The molecule has 0 saturated carbocycles. The summed E-state index contributed by atoms with van der Waals surface area (Å²) in [6.07, 6.45) is 1.16. The van der Waals surface area contributed by atoms with Gasteiger partial charge < -0.3 is 16.3 Å². The molecule has 0 aliphatic rings. The predicted octanol–water partition coefficient (Wildman–Crippen LogP) is 1.22. The Hall–Kier alpha value is -2.16. The average Bonchev–Trinajstić information content (AvgIpc) is 2.57. The van der Waals surface area contributed by atoms with E-state index in [1.165, 1.54) is 18.0 Å². The zero-order valence-corrected chi connectivity index (χ0v) is 13.2. The highest BCUT2D eigenvalue weighted by Gasteiger charge is 2.00. The van der Waals surface area contributed by atoms with Gasteiger partial charge in [0.2, 0.25) is 0 Å². The van der Waals surface area contributed by atoms with E-state index >= 15 is 0 Å². The van der Waals surface area contributed by atoms with Gasteiger partial charge in [-0.2, -0.15) is 5.10 Å². The van der Waals surface area contributed by atoms with E-state index in [1.54, 1.807) is 6.07 Å². The summed E-state index contributed by atoms with van der Waals surface area (Å²) >= 11 is 1.44. The Balaban J connectivity index is 1.86. The van der Waals surface area contributed by atoms with Crippen LogP contribution in [0.1, 0.15) is 11.3 Å². The number of aromatic nitrogens is 1. The van der Waals surface area contributed by atoms with Crippen molar-refractivity contribution in [1.29, 1.82) is 0 Å². The largest absolute Gasteiger partial charge is 0.395 e. The van der Waals surface area contributed by atoms with Gasteiger partial charge in [-0.25, -0.2) is 4.39 Å². The van der Waals surface area contributed by atoms with Crippen LogP contribution in [-0.2, 0) is 6.54 Å². The van der Waals surface area contributed by atoms with E-state index in [0.29, 0.717) is 24.6 Å². The lowest BCUT2D eigenvalue weighted by molar-refractivity contribution is 0.302. The third kappa shape index (κ3) is 5.85. The summed E-state index contributed by atoms with van der Waals surface area (Å²) in [7, 11) is 0. The maximum atomic E-state index is 12.7. The minimum atomic E-state index is -0.372. The second-order valence-electron chi connectivity index (χ2n) is 4.54. The van der Waals surface area contributed by atoms with Crippen molar-refractivity contribution in [2.24, 2.45) is 10.8 Å². The van der Waals surface area contributed by atoms with E-state index in [4.69, 9.17) is 10.8 Å². The van der Waals surface area contributed by atoms with Gasteiger partial charge in [0.25, 0.3) is 0 Å². The van der Waals surface area contributed by atoms with Gasteiger partial charge in [0.05, 0.1) is 25.0 Å². The highest BCUT2D eigenvalue weighted by atomic mass is 32.2. The van der Waals surface area contributed by atoms with Gasteiger partial charge >= 0.3 is 0 Å². The summed E-state index contributed by atoms with van der Waals surface area (Å²) in [6, 6.07) is 10.5. The summed E-state index contributed by atoms with van der Waals surface area (Å²) in [5.41, 5.74) is 10.2. The molecule has 8 heteroatoms. The smallest absolute Gasteiger partial charge is 0.150 e. The Bertz CT molecular complexity index is 633. The number of halogens is 1. The van der Waals surface area contributed by atoms with E-state index in [-0.39, 0.29) is 12.4 Å². The van der Waals surface area contributed by atoms with Gasteiger partial charge in [-0.15, -0.1) is 0 Å². The Kier molecular flexibility index (Phi) is 6.79. The first-order valence-electron chi connectivity index (χ1n) is 6.96. The van der Waals surface area contributed by atoms with Crippen LogP contribution in [0.25, 0.3) is 0 Å². The van der Waals surface area contributed by atoms with E-state index in [2.05, 4.69) is 20.2 Å². The number of aliphatic hydroxyl groups excluding tert-OH is 1. The molecule has 2 aromatic rings. The summed E-state index contributed by atoms with van der Waals surface area (Å²) < 4.78 is 15.8. The van der Waals surface area contributed by atoms with Gasteiger partial charge in [-0.3, -0.25) is 9.71 Å². The van der Waals surface area contributed by atoms with Crippen molar-refractivity contribution in [3.63, 3.8) is 0 Å². The fraction of sp³-hybridized carbons (Fsp3) is 0.200. The van der Waals surface area contributed by atoms with Crippen LogP contribution in [0.4, 0.5) is 4.39 Å². The number of nitrogens with zero attached hydrogens (tertiary/aromatic N) is 2. The van der Waals surface area contributed by atoms with Crippen molar-refractivity contribution in [3.05, 3.63) is 59.7 Å². The van der Waals surface area contributed by atoms with Crippen LogP contribution in [-0.4, -0.2) is 29.1 Å². The summed E-state index contributed by atoms with van der Waals surface area (Å²) in [4.78, 5) is 4.93. The second-order valence-corrected chi connectivity index (χ2v) is 5.51. The Morgan fingerprint density at radius 2 is 2.04 bits per heavy atom. The molecule has 1 aromatic carbocycles. The Morgan fingerprint density at radius 1 is 1.26 bits per heavy atom. The molecule has 0 saturated heterocycles. The summed E-state index contributed by atoms with van der Waals surface area (Å²) in [6.45, 7) is 0.983. The fourth-order valence-corrected chi connectivity index (χ4v) is 2.29. The van der Waals surface area contributed by atoms with Crippen LogP contribution >= 0.6 is 11.9 Å². The number of amidine groups is 1. The number of benzene rings is 1. The number of hydrazone groups is 1. The standard InChI is InChI=1S/C15H18FN5OS/c16-12-3-4-13(18-9-12)10-19-21-15(17)11-1-5-14(6-2-11)23-20-7-8-22/h1-6,9,19-20,22H,7-8,10H2,(H2,17,21). The number of pyridine rings is 1. The van der Waals surface area contributed by atoms with Gasteiger partial charge in [0, 0.05) is 17.0 Å². The molecule has 0 amide bonds. The molecule has 0 bridgehead atoms. The lowest BCUT2D eigenvalue weighted by Crippen LogP contribution is -2.19. The van der Waals surface area contributed by atoms with Crippen molar-refractivity contribution in [1.82, 2.24) is 15.1 Å². The van der Waals surface area contributed by atoms with Crippen LogP contribution in [0.5, 0.6) is 0 Å². The second kappa shape index (κ2) is 9.09. The van der Waals surface area contributed by atoms with Gasteiger partial charge in [0.1, 0.15) is 5.82 Å². The topological polar surface area (TPSA) is 95.6 Å². The molecule has 1 aromatic heterocycles. The number of hydrogen-bond donors (Lipinski definition) is 4. The maximum absolute atomic E-state index is 12.7. The van der Waals surface area contributed by atoms with Crippen LogP contribution in [0.2, 0.25) is 0 Å². The zero-order chi connectivity index (χ0) is 16.5. The molecule has 122 valence electrons. The van der Waals surface area contributed by atoms with Gasteiger partial charge in [0.15, 0.2) is 5.84 Å². The van der Waals surface area contributed by atoms with E-state index in [9.17, 15) is 4.39 Å². The number of nitrogens with one attached hydrogen (secondary N) is 2. The van der Waals surface area contributed by atoms with Gasteiger partial charge in [-0.1, -0.05) is 12.1 Å². The molecule has 5 N–H and O–H groups in total. The minimum absolute atomic E-state index is 0.0965. The first kappa shape index (κ1) is 17.2. The molecular formula is C15H18FN5OS. The molecule has 2 rings (SSSR count). The first-order valence-corrected chi connectivity index (χ1v) is 7.78. The number of nitrogens with two attached hydrogens (primary N) is 1. The van der Waals surface area contributed by atoms with E-state index in [0.717, 1.165) is 16.7 Å². The van der Waals surface area contributed by atoms with Crippen LogP contribution in [0, 0.1) is 5.82 Å². The Labute approximate surface area is 138 Å². The van der Waals surface area contributed by atoms with Crippen LogP contribution in [0.3, 0.4) is 0 Å². The first-order chi connectivity index (χ1) is 11.2. The molecule has 1 heterocycles. The fourth-order valence-electron chi connectivity index (χ4n) is 1.66. The average molecular weight is 335 g/mol. The van der Waals surface area contributed by atoms with Gasteiger partial charge in [-0.05, 0) is 36.2 Å². The van der Waals surface area contributed by atoms with Crippen molar-refractivity contribution >= 4 is 17.8 Å². The molecular weight excluding hydrogens is 317 g/mol. The SMILES string of the molecule is N/C(=N\NCc1ccc(F)cn1)c1ccc(SNCCO)cc1.